The van der Waals surface area contributed by atoms with Crippen LogP contribution < -0.4 is 14.8 Å². The smallest absolute Gasteiger partial charge is 0.248 e. The van der Waals surface area contributed by atoms with Gasteiger partial charge >= 0.3 is 0 Å². The van der Waals surface area contributed by atoms with E-state index in [2.05, 4.69) is 15.3 Å². The molecule has 1 heterocycles. The number of nitrogens with one attached hydrogen (secondary N) is 1. The summed E-state index contributed by atoms with van der Waals surface area (Å²) in [5.74, 6) is 1.62. The van der Waals surface area contributed by atoms with Crippen LogP contribution in [0.2, 0.25) is 0 Å². The highest BCUT2D eigenvalue weighted by molar-refractivity contribution is 6.01. The number of methoxy groups -OCH3 is 2. The topological polar surface area (TPSA) is 73.3 Å². The summed E-state index contributed by atoms with van der Waals surface area (Å²) in [4.78, 5) is 20.7. The third-order valence-corrected chi connectivity index (χ3v) is 3.75. The molecule has 2 aromatic carbocycles. The van der Waals surface area contributed by atoms with Crippen LogP contribution in [-0.4, -0.2) is 30.1 Å². The molecule has 0 saturated carbocycles. The van der Waals surface area contributed by atoms with Crippen LogP contribution in [0, 0.1) is 0 Å². The third kappa shape index (κ3) is 4.92. The van der Waals surface area contributed by atoms with E-state index < -0.39 is 0 Å². The summed E-state index contributed by atoms with van der Waals surface area (Å²) < 4.78 is 10.4. The van der Waals surface area contributed by atoms with Crippen LogP contribution in [0.4, 0.5) is 5.69 Å². The van der Waals surface area contributed by atoms with Gasteiger partial charge in [0.05, 0.1) is 32.3 Å². The van der Waals surface area contributed by atoms with Gasteiger partial charge in [0.15, 0.2) is 5.82 Å². The van der Waals surface area contributed by atoms with Gasteiger partial charge in [-0.3, -0.25) is 4.79 Å². The molecule has 0 fully saturated rings. The highest BCUT2D eigenvalue weighted by Crippen LogP contribution is 2.23. The van der Waals surface area contributed by atoms with Gasteiger partial charge in [-0.25, -0.2) is 9.97 Å². The Morgan fingerprint density at radius 1 is 0.963 bits per heavy atom. The van der Waals surface area contributed by atoms with Gasteiger partial charge < -0.3 is 14.8 Å². The van der Waals surface area contributed by atoms with Gasteiger partial charge in [0.1, 0.15) is 11.5 Å². The average molecular weight is 361 g/mol. The second-order valence-corrected chi connectivity index (χ2v) is 5.63. The van der Waals surface area contributed by atoms with Crippen molar-refractivity contribution in [2.75, 3.05) is 19.5 Å². The molecule has 3 rings (SSSR count). The fraction of sp³-hybridized carbons (Fsp3) is 0.0952. The first-order valence-corrected chi connectivity index (χ1v) is 8.27. The van der Waals surface area contributed by atoms with Crippen LogP contribution in [-0.2, 0) is 4.79 Å². The zero-order valence-electron chi connectivity index (χ0n) is 15.0. The molecule has 0 aliphatic rings. The lowest BCUT2D eigenvalue weighted by Crippen LogP contribution is -2.08. The monoisotopic (exact) mass is 361 g/mol. The first-order valence-electron chi connectivity index (χ1n) is 8.27. The van der Waals surface area contributed by atoms with Crippen molar-refractivity contribution in [3.05, 3.63) is 72.6 Å². The molecule has 136 valence electrons. The molecular weight excluding hydrogens is 342 g/mol. The Balaban J connectivity index is 1.66. The molecule has 6 nitrogen and oxygen atoms in total. The Hall–Kier alpha value is -3.67. The predicted molar refractivity (Wildman–Crippen MR) is 105 cm³/mol. The Morgan fingerprint density at radius 3 is 2.19 bits per heavy atom. The molecule has 0 bridgehead atoms. The van der Waals surface area contributed by atoms with E-state index in [1.807, 2.05) is 42.5 Å². The molecule has 0 saturated heterocycles. The van der Waals surface area contributed by atoms with Crippen LogP contribution in [0.3, 0.4) is 0 Å². The van der Waals surface area contributed by atoms with Gasteiger partial charge in [0, 0.05) is 17.7 Å². The number of hydrogen-bond acceptors (Lipinski definition) is 5. The summed E-state index contributed by atoms with van der Waals surface area (Å²) in [7, 11) is 3.15. The van der Waals surface area contributed by atoms with E-state index in [0.29, 0.717) is 23.0 Å². The van der Waals surface area contributed by atoms with E-state index in [0.717, 1.165) is 11.1 Å². The lowest BCUT2D eigenvalue weighted by atomic mass is 10.2. The van der Waals surface area contributed by atoms with Crippen LogP contribution in [0.25, 0.3) is 17.5 Å². The van der Waals surface area contributed by atoms with E-state index in [1.165, 1.54) is 6.08 Å². The zero-order chi connectivity index (χ0) is 19.1. The highest BCUT2D eigenvalue weighted by atomic mass is 16.5. The summed E-state index contributed by atoms with van der Waals surface area (Å²) in [6.45, 7) is 0. The quantitative estimate of drug-likeness (QED) is 0.676. The number of hydrogen-bond donors (Lipinski definition) is 1. The third-order valence-electron chi connectivity index (χ3n) is 3.75. The maximum absolute atomic E-state index is 12.1. The fourth-order valence-corrected chi connectivity index (χ4v) is 2.41. The van der Waals surface area contributed by atoms with Crippen molar-refractivity contribution in [1.82, 2.24) is 9.97 Å². The lowest BCUT2D eigenvalue weighted by molar-refractivity contribution is -0.111. The van der Waals surface area contributed by atoms with Gasteiger partial charge in [-0.15, -0.1) is 0 Å². The number of rotatable bonds is 6. The van der Waals surface area contributed by atoms with Gasteiger partial charge in [-0.1, -0.05) is 30.3 Å². The minimum absolute atomic E-state index is 0.284. The summed E-state index contributed by atoms with van der Waals surface area (Å²) in [6.07, 6.45) is 6.27. The number of carbonyl (C=O) groups is 1. The summed E-state index contributed by atoms with van der Waals surface area (Å²) >= 11 is 0. The minimum atomic E-state index is -0.284. The number of aromatic nitrogens is 2. The van der Waals surface area contributed by atoms with Gasteiger partial charge in [0.25, 0.3) is 0 Å². The van der Waals surface area contributed by atoms with E-state index in [9.17, 15) is 4.79 Å². The average Bonchev–Trinajstić information content (AvgIpc) is 2.73. The fourth-order valence-electron chi connectivity index (χ4n) is 2.41. The molecular formula is C21H19N3O3. The van der Waals surface area contributed by atoms with Crippen LogP contribution in [0.15, 0.2) is 67.0 Å². The molecule has 0 spiro atoms. The first kappa shape index (κ1) is 18.1. The molecule has 0 aliphatic carbocycles. The molecule has 3 aromatic rings. The van der Waals surface area contributed by atoms with Crippen molar-refractivity contribution in [2.45, 2.75) is 0 Å². The van der Waals surface area contributed by atoms with Gasteiger partial charge in [-0.2, -0.15) is 0 Å². The summed E-state index contributed by atoms with van der Waals surface area (Å²) in [6, 6.07) is 15.0. The summed E-state index contributed by atoms with van der Waals surface area (Å²) in [5, 5.41) is 2.73. The van der Waals surface area contributed by atoms with Crippen molar-refractivity contribution in [3.63, 3.8) is 0 Å². The van der Waals surface area contributed by atoms with E-state index in [1.54, 1.807) is 38.8 Å². The summed E-state index contributed by atoms with van der Waals surface area (Å²) in [5.41, 5.74) is 2.23. The lowest BCUT2D eigenvalue weighted by Gasteiger charge is -2.06. The Kier molecular flexibility index (Phi) is 5.79. The zero-order valence-corrected chi connectivity index (χ0v) is 15.0. The molecule has 1 aromatic heterocycles. The predicted octanol–water partition coefficient (Wildman–Crippen LogP) is 3.81. The van der Waals surface area contributed by atoms with E-state index >= 15 is 0 Å². The van der Waals surface area contributed by atoms with E-state index in [-0.39, 0.29) is 5.91 Å². The van der Waals surface area contributed by atoms with E-state index in [4.69, 9.17) is 9.47 Å². The maximum Gasteiger partial charge on any atom is 0.248 e. The van der Waals surface area contributed by atoms with Crippen molar-refractivity contribution < 1.29 is 14.3 Å². The number of nitrogens with zero attached hydrogens (tertiary/aromatic N) is 2. The van der Waals surface area contributed by atoms with Crippen molar-refractivity contribution in [2.24, 2.45) is 0 Å². The molecule has 1 amide bonds. The molecule has 0 atom stereocenters. The minimum Gasteiger partial charge on any atom is -0.497 e. The van der Waals surface area contributed by atoms with Crippen molar-refractivity contribution in [1.29, 1.82) is 0 Å². The van der Waals surface area contributed by atoms with Crippen LogP contribution in [0.5, 0.6) is 11.5 Å². The normalized spacial score (nSPS) is 10.6. The standard InChI is InChI=1S/C21H19N3O3/c1-26-18-10-15(11-19(12-18)27-2)8-9-20(25)24-17-13-22-21(23-14-17)16-6-4-3-5-7-16/h3-14H,1-2H3,(H,24,25). The second-order valence-electron chi connectivity index (χ2n) is 5.63. The number of amides is 1. The molecule has 0 radical (unpaired) electrons. The molecule has 27 heavy (non-hydrogen) atoms. The largest absolute Gasteiger partial charge is 0.497 e. The molecule has 0 aliphatic heterocycles. The van der Waals surface area contributed by atoms with Crippen molar-refractivity contribution >= 4 is 17.7 Å². The van der Waals surface area contributed by atoms with Gasteiger partial charge in [-0.05, 0) is 23.8 Å². The van der Waals surface area contributed by atoms with Crippen LogP contribution in [0.1, 0.15) is 5.56 Å². The Bertz CT molecular complexity index is 916. The Labute approximate surface area is 157 Å². The number of ether oxygens (including phenoxy) is 2. The first-order chi connectivity index (χ1) is 13.2. The molecule has 6 heteroatoms. The second kappa shape index (κ2) is 8.62. The number of benzene rings is 2. The number of anilines is 1. The SMILES string of the molecule is COc1cc(C=CC(=O)Nc2cnc(-c3ccccc3)nc2)cc(OC)c1. The highest BCUT2D eigenvalue weighted by Gasteiger charge is 2.04. The molecule has 0 unspecified atom stereocenters. The van der Waals surface area contributed by atoms with Crippen molar-refractivity contribution in [3.8, 4) is 22.9 Å². The Morgan fingerprint density at radius 2 is 1.59 bits per heavy atom. The maximum atomic E-state index is 12.1. The van der Waals surface area contributed by atoms with Crippen LogP contribution >= 0.6 is 0 Å². The number of carbonyl (C=O) groups excluding carboxylic acids is 1. The van der Waals surface area contributed by atoms with Gasteiger partial charge in [0.2, 0.25) is 5.91 Å². The molecule has 1 N–H and O–H groups in total.